The van der Waals surface area contributed by atoms with Gasteiger partial charge in [0.1, 0.15) is 5.82 Å². The Bertz CT molecular complexity index is 1070. The summed E-state index contributed by atoms with van der Waals surface area (Å²) in [5.41, 5.74) is 1.45. The average Bonchev–Trinajstić information content (AvgIpc) is 3.15. The number of amides is 1. The summed E-state index contributed by atoms with van der Waals surface area (Å²) in [7, 11) is 0. The van der Waals surface area contributed by atoms with Crippen molar-refractivity contribution in [1.82, 2.24) is 19.8 Å². The minimum absolute atomic E-state index is 0.145. The minimum atomic E-state index is -4.44. The van der Waals surface area contributed by atoms with E-state index in [0.29, 0.717) is 6.54 Å². The third-order valence-electron chi connectivity index (χ3n) is 5.59. The van der Waals surface area contributed by atoms with Gasteiger partial charge in [-0.2, -0.15) is 13.2 Å². The molecule has 2 heterocycles. The van der Waals surface area contributed by atoms with Gasteiger partial charge in [-0.25, -0.2) is 4.98 Å². The maximum atomic E-state index is 12.9. The predicted octanol–water partition coefficient (Wildman–Crippen LogP) is 4.24. The molecule has 0 bridgehead atoms. The molecular formula is C24H26F3N5O. The number of nitrogens with zero attached hydrogens (tertiary/aromatic N) is 3. The summed E-state index contributed by atoms with van der Waals surface area (Å²) < 4.78 is 38.6. The molecule has 2 N–H and O–H groups in total. The third-order valence-corrected chi connectivity index (χ3v) is 5.59. The van der Waals surface area contributed by atoms with Gasteiger partial charge in [-0.15, -0.1) is 0 Å². The summed E-state index contributed by atoms with van der Waals surface area (Å²) in [5.74, 6) is 0.525. The molecule has 1 amide bonds. The predicted molar refractivity (Wildman–Crippen MR) is 120 cm³/mol. The lowest BCUT2D eigenvalue weighted by Gasteiger charge is -2.21. The number of aromatic amines is 1. The molecule has 4 rings (SSSR count). The van der Waals surface area contributed by atoms with Gasteiger partial charge in [-0.3, -0.25) is 14.6 Å². The molecule has 0 radical (unpaired) electrons. The maximum Gasteiger partial charge on any atom is 0.416 e. The van der Waals surface area contributed by atoms with Gasteiger partial charge in [0.2, 0.25) is 5.91 Å². The van der Waals surface area contributed by atoms with E-state index in [1.54, 1.807) is 0 Å². The van der Waals surface area contributed by atoms with Crippen LogP contribution in [0.2, 0.25) is 0 Å². The van der Waals surface area contributed by atoms with Crippen LogP contribution in [0.1, 0.15) is 17.7 Å². The summed E-state index contributed by atoms with van der Waals surface area (Å²) in [6.07, 6.45) is -1.68. The molecule has 1 saturated heterocycles. The Morgan fingerprint density at radius 1 is 1.00 bits per heavy atom. The van der Waals surface area contributed by atoms with E-state index in [0.717, 1.165) is 61.8 Å². The van der Waals surface area contributed by atoms with Crippen molar-refractivity contribution in [2.45, 2.75) is 19.1 Å². The van der Waals surface area contributed by atoms with Crippen LogP contribution in [0.4, 0.5) is 18.9 Å². The molecule has 6 nitrogen and oxygen atoms in total. The fourth-order valence-electron chi connectivity index (χ4n) is 3.94. The Morgan fingerprint density at radius 2 is 1.76 bits per heavy atom. The van der Waals surface area contributed by atoms with Gasteiger partial charge >= 0.3 is 6.18 Å². The second-order valence-electron chi connectivity index (χ2n) is 8.16. The first-order chi connectivity index (χ1) is 15.9. The van der Waals surface area contributed by atoms with E-state index < -0.39 is 11.7 Å². The topological polar surface area (TPSA) is 64.3 Å². The number of anilines is 1. The number of halogens is 3. The molecule has 2 aromatic carbocycles. The number of hydrogen-bond acceptors (Lipinski definition) is 4. The van der Waals surface area contributed by atoms with Crippen LogP contribution in [-0.2, 0) is 17.5 Å². The normalized spacial score (nSPS) is 15.8. The fraction of sp³-hybridized carbons (Fsp3) is 0.333. The highest BCUT2D eigenvalue weighted by Crippen LogP contribution is 2.30. The standard InChI is InChI=1S/C24H26F3N5O/c25-24(26,27)19-8-4-9-20(14-19)29-22(33)17-32-11-5-10-31(12-13-32)16-21-15-28-23(30-21)18-6-2-1-3-7-18/h1-4,6-9,14-15H,5,10-13,16-17H2,(H,28,30)(H,29,33). The first-order valence-electron chi connectivity index (χ1n) is 10.9. The smallest absolute Gasteiger partial charge is 0.341 e. The first-order valence-corrected chi connectivity index (χ1v) is 10.9. The second kappa shape index (κ2) is 10.2. The van der Waals surface area contributed by atoms with Crippen molar-refractivity contribution < 1.29 is 18.0 Å². The highest BCUT2D eigenvalue weighted by Gasteiger charge is 2.30. The van der Waals surface area contributed by atoms with Crippen LogP contribution in [0.15, 0.2) is 60.8 Å². The van der Waals surface area contributed by atoms with Crippen molar-refractivity contribution in [1.29, 1.82) is 0 Å². The highest BCUT2D eigenvalue weighted by atomic mass is 19.4. The molecule has 0 unspecified atom stereocenters. The van der Waals surface area contributed by atoms with E-state index in [-0.39, 0.29) is 18.1 Å². The second-order valence-corrected chi connectivity index (χ2v) is 8.16. The van der Waals surface area contributed by atoms with E-state index >= 15 is 0 Å². The zero-order valence-electron chi connectivity index (χ0n) is 18.1. The van der Waals surface area contributed by atoms with Gasteiger partial charge in [-0.05, 0) is 37.7 Å². The molecule has 1 aliphatic heterocycles. The van der Waals surface area contributed by atoms with Crippen LogP contribution in [0, 0.1) is 0 Å². The lowest BCUT2D eigenvalue weighted by Crippen LogP contribution is -2.36. The van der Waals surface area contributed by atoms with Crippen molar-refractivity contribution >= 4 is 11.6 Å². The lowest BCUT2D eigenvalue weighted by atomic mass is 10.2. The number of benzene rings is 2. The molecule has 3 aromatic rings. The number of aromatic nitrogens is 2. The number of rotatable bonds is 6. The molecule has 9 heteroatoms. The monoisotopic (exact) mass is 457 g/mol. The summed E-state index contributed by atoms with van der Waals surface area (Å²) in [5, 5.41) is 2.58. The van der Waals surface area contributed by atoms with Crippen molar-refractivity contribution in [3.63, 3.8) is 0 Å². The van der Waals surface area contributed by atoms with Crippen LogP contribution < -0.4 is 5.32 Å². The fourth-order valence-corrected chi connectivity index (χ4v) is 3.94. The molecular weight excluding hydrogens is 431 g/mol. The largest absolute Gasteiger partial charge is 0.416 e. The molecule has 0 aliphatic carbocycles. The summed E-state index contributed by atoms with van der Waals surface area (Å²) in [6, 6.07) is 14.6. The average molecular weight is 458 g/mol. The number of imidazole rings is 1. The first kappa shape index (κ1) is 23.0. The number of carbonyl (C=O) groups excluding carboxylic acids is 1. The van der Waals surface area contributed by atoms with Crippen LogP contribution in [0.3, 0.4) is 0 Å². The molecule has 0 spiro atoms. The zero-order chi connectivity index (χ0) is 23.3. The molecule has 0 saturated carbocycles. The Hall–Kier alpha value is -3.17. The van der Waals surface area contributed by atoms with Crippen molar-refractivity contribution in [2.75, 3.05) is 38.0 Å². The zero-order valence-corrected chi connectivity index (χ0v) is 18.1. The molecule has 174 valence electrons. The van der Waals surface area contributed by atoms with E-state index in [1.165, 1.54) is 12.1 Å². The van der Waals surface area contributed by atoms with Gasteiger partial charge in [0.05, 0.1) is 12.1 Å². The van der Waals surface area contributed by atoms with Crippen LogP contribution in [0.5, 0.6) is 0 Å². The molecule has 1 aliphatic rings. The molecule has 33 heavy (non-hydrogen) atoms. The number of nitrogens with one attached hydrogen (secondary N) is 2. The van der Waals surface area contributed by atoms with Gasteiger partial charge < -0.3 is 10.3 Å². The number of alkyl halides is 3. The molecule has 1 fully saturated rings. The van der Waals surface area contributed by atoms with Crippen molar-refractivity contribution in [2.24, 2.45) is 0 Å². The van der Waals surface area contributed by atoms with Gasteiger partial charge in [-0.1, -0.05) is 36.4 Å². The number of carbonyl (C=O) groups is 1. The Kier molecular flexibility index (Phi) is 7.10. The van der Waals surface area contributed by atoms with E-state index in [4.69, 9.17) is 0 Å². The van der Waals surface area contributed by atoms with E-state index in [1.807, 2.05) is 41.4 Å². The minimum Gasteiger partial charge on any atom is -0.341 e. The maximum absolute atomic E-state index is 12.9. The number of H-pyrrole nitrogens is 1. The third kappa shape index (κ3) is 6.43. The molecule has 1 aromatic heterocycles. The van der Waals surface area contributed by atoms with E-state index in [9.17, 15) is 18.0 Å². The van der Waals surface area contributed by atoms with Crippen LogP contribution >= 0.6 is 0 Å². The number of hydrogen-bond donors (Lipinski definition) is 2. The van der Waals surface area contributed by atoms with Crippen LogP contribution in [0.25, 0.3) is 11.4 Å². The van der Waals surface area contributed by atoms with Crippen LogP contribution in [-0.4, -0.2) is 58.4 Å². The Balaban J connectivity index is 1.27. The van der Waals surface area contributed by atoms with Gasteiger partial charge in [0, 0.05) is 42.8 Å². The summed E-state index contributed by atoms with van der Waals surface area (Å²) in [4.78, 5) is 24.6. The summed E-state index contributed by atoms with van der Waals surface area (Å²) in [6.45, 7) is 4.03. The molecule has 0 atom stereocenters. The van der Waals surface area contributed by atoms with E-state index in [2.05, 4.69) is 20.2 Å². The quantitative estimate of drug-likeness (QED) is 0.581. The Labute approximate surface area is 190 Å². The lowest BCUT2D eigenvalue weighted by molar-refractivity contribution is -0.137. The van der Waals surface area contributed by atoms with Gasteiger partial charge in [0.25, 0.3) is 0 Å². The van der Waals surface area contributed by atoms with Crippen molar-refractivity contribution in [3.8, 4) is 11.4 Å². The highest BCUT2D eigenvalue weighted by molar-refractivity contribution is 5.92. The van der Waals surface area contributed by atoms with Gasteiger partial charge in [0.15, 0.2) is 0 Å². The Morgan fingerprint density at radius 3 is 2.55 bits per heavy atom. The SMILES string of the molecule is O=C(CN1CCCN(Cc2cnc(-c3ccccc3)[nH]2)CC1)Nc1cccc(C(F)(F)F)c1. The summed E-state index contributed by atoms with van der Waals surface area (Å²) >= 11 is 0. The van der Waals surface area contributed by atoms with Crippen molar-refractivity contribution in [3.05, 3.63) is 72.1 Å².